The Morgan fingerprint density at radius 1 is 1.18 bits per heavy atom. The van der Waals surface area contributed by atoms with Crippen LogP contribution in [0.25, 0.3) is 0 Å². The number of hydrogen-bond acceptors (Lipinski definition) is 2. The first-order valence-electron chi connectivity index (χ1n) is 6.43. The van der Waals surface area contributed by atoms with Crippen molar-refractivity contribution in [2.24, 2.45) is 0 Å². The molecular weight excluding hydrogens is 232 g/mol. The van der Waals surface area contributed by atoms with Gasteiger partial charge in [-0.1, -0.05) is 12.1 Å². The second-order valence-electron chi connectivity index (χ2n) is 4.41. The third-order valence-corrected chi connectivity index (χ3v) is 3.48. The highest BCUT2D eigenvalue weighted by Gasteiger charge is 2.15. The zero-order chi connectivity index (χ0) is 11.4. The van der Waals surface area contributed by atoms with E-state index in [1.165, 1.54) is 30.6 Å². The summed E-state index contributed by atoms with van der Waals surface area (Å²) in [6.45, 7) is 7.74. The summed E-state index contributed by atoms with van der Waals surface area (Å²) >= 11 is 0. The van der Waals surface area contributed by atoms with Crippen molar-refractivity contribution in [1.29, 1.82) is 0 Å². The SMILES string of the molecule is CCN(CC)c1ccc([C@@H]2CCCN2)cc1.Cl. The molecule has 1 heterocycles. The van der Waals surface area contributed by atoms with Crippen LogP contribution in [0.4, 0.5) is 5.69 Å². The van der Waals surface area contributed by atoms with E-state index in [2.05, 4.69) is 48.3 Å². The number of anilines is 1. The van der Waals surface area contributed by atoms with Gasteiger partial charge in [-0.2, -0.15) is 0 Å². The van der Waals surface area contributed by atoms with Crippen LogP contribution in [-0.4, -0.2) is 19.6 Å². The first kappa shape index (κ1) is 14.3. The third-order valence-electron chi connectivity index (χ3n) is 3.48. The lowest BCUT2D eigenvalue weighted by Crippen LogP contribution is -2.21. The maximum absolute atomic E-state index is 3.54. The molecular formula is C14H23ClN2. The molecule has 0 aromatic heterocycles. The lowest BCUT2D eigenvalue weighted by Gasteiger charge is -2.21. The fourth-order valence-electron chi connectivity index (χ4n) is 2.48. The van der Waals surface area contributed by atoms with Crippen molar-refractivity contribution in [3.63, 3.8) is 0 Å². The maximum atomic E-state index is 3.54. The van der Waals surface area contributed by atoms with Crippen molar-refractivity contribution in [3.8, 4) is 0 Å². The van der Waals surface area contributed by atoms with Gasteiger partial charge in [-0.3, -0.25) is 0 Å². The molecule has 0 bridgehead atoms. The molecule has 0 saturated carbocycles. The smallest absolute Gasteiger partial charge is 0.0366 e. The van der Waals surface area contributed by atoms with Gasteiger partial charge in [0.15, 0.2) is 0 Å². The van der Waals surface area contributed by atoms with Crippen LogP contribution >= 0.6 is 12.4 Å². The van der Waals surface area contributed by atoms with E-state index in [-0.39, 0.29) is 12.4 Å². The molecule has 96 valence electrons. The molecule has 17 heavy (non-hydrogen) atoms. The van der Waals surface area contributed by atoms with Gasteiger partial charge in [-0.25, -0.2) is 0 Å². The highest BCUT2D eigenvalue weighted by atomic mass is 35.5. The molecule has 1 fully saturated rings. The average molecular weight is 255 g/mol. The lowest BCUT2D eigenvalue weighted by molar-refractivity contribution is 0.647. The Morgan fingerprint density at radius 2 is 1.82 bits per heavy atom. The Balaban J connectivity index is 0.00000144. The van der Waals surface area contributed by atoms with Gasteiger partial charge in [0.05, 0.1) is 0 Å². The Morgan fingerprint density at radius 3 is 2.29 bits per heavy atom. The molecule has 0 amide bonds. The molecule has 1 aliphatic heterocycles. The number of rotatable bonds is 4. The zero-order valence-electron chi connectivity index (χ0n) is 10.8. The number of benzene rings is 1. The Kier molecular flexibility index (Phi) is 5.79. The highest BCUT2D eigenvalue weighted by molar-refractivity contribution is 5.85. The second kappa shape index (κ2) is 6.87. The van der Waals surface area contributed by atoms with Crippen LogP contribution in [-0.2, 0) is 0 Å². The van der Waals surface area contributed by atoms with E-state index in [4.69, 9.17) is 0 Å². The number of nitrogens with one attached hydrogen (secondary N) is 1. The summed E-state index contributed by atoms with van der Waals surface area (Å²) in [6, 6.07) is 9.64. The van der Waals surface area contributed by atoms with E-state index >= 15 is 0 Å². The summed E-state index contributed by atoms with van der Waals surface area (Å²) in [5.74, 6) is 0. The summed E-state index contributed by atoms with van der Waals surface area (Å²) < 4.78 is 0. The summed E-state index contributed by atoms with van der Waals surface area (Å²) in [6.07, 6.45) is 2.59. The maximum Gasteiger partial charge on any atom is 0.0366 e. The minimum Gasteiger partial charge on any atom is -0.372 e. The molecule has 0 spiro atoms. The Hall–Kier alpha value is -0.730. The first-order chi connectivity index (χ1) is 7.85. The highest BCUT2D eigenvalue weighted by Crippen LogP contribution is 2.25. The van der Waals surface area contributed by atoms with E-state index in [0.29, 0.717) is 6.04 Å². The first-order valence-corrected chi connectivity index (χ1v) is 6.43. The van der Waals surface area contributed by atoms with Crippen molar-refractivity contribution in [2.45, 2.75) is 32.7 Å². The standard InChI is InChI=1S/C14H22N2.ClH/c1-3-16(4-2)13-9-7-12(8-10-13)14-6-5-11-15-14;/h7-10,14-15H,3-6,11H2,1-2H3;1H/t14-;/m0./s1. The second-order valence-corrected chi connectivity index (χ2v) is 4.41. The van der Waals surface area contributed by atoms with E-state index < -0.39 is 0 Å². The molecule has 1 aromatic carbocycles. The average Bonchev–Trinajstić information content (AvgIpc) is 2.85. The van der Waals surface area contributed by atoms with Crippen LogP contribution in [0.5, 0.6) is 0 Å². The van der Waals surface area contributed by atoms with Gasteiger partial charge in [0.2, 0.25) is 0 Å². The number of nitrogens with zero attached hydrogens (tertiary/aromatic N) is 1. The van der Waals surface area contributed by atoms with Crippen LogP contribution < -0.4 is 10.2 Å². The van der Waals surface area contributed by atoms with Crippen molar-refractivity contribution >= 4 is 18.1 Å². The van der Waals surface area contributed by atoms with Crippen molar-refractivity contribution in [3.05, 3.63) is 29.8 Å². The number of hydrogen-bond donors (Lipinski definition) is 1. The minimum atomic E-state index is 0. The van der Waals surface area contributed by atoms with E-state index in [1.54, 1.807) is 0 Å². The van der Waals surface area contributed by atoms with E-state index in [9.17, 15) is 0 Å². The minimum absolute atomic E-state index is 0. The van der Waals surface area contributed by atoms with Crippen molar-refractivity contribution in [1.82, 2.24) is 5.32 Å². The van der Waals surface area contributed by atoms with Gasteiger partial charge in [-0.15, -0.1) is 12.4 Å². The molecule has 0 radical (unpaired) electrons. The quantitative estimate of drug-likeness (QED) is 0.886. The van der Waals surface area contributed by atoms with Gasteiger partial charge in [0, 0.05) is 24.8 Å². The van der Waals surface area contributed by atoms with Crippen molar-refractivity contribution < 1.29 is 0 Å². The van der Waals surface area contributed by atoms with Gasteiger partial charge >= 0.3 is 0 Å². The van der Waals surface area contributed by atoms with Gasteiger partial charge in [0.25, 0.3) is 0 Å². The third kappa shape index (κ3) is 3.36. The fourth-order valence-corrected chi connectivity index (χ4v) is 2.48. The Bertz CT molecular complexity index is 292. The van der Waals surface area contributed by atoms with Gasteiger partial charge < -0.3 is 10.2 Å². The van der Waals surface area contributed by atoms with Crippen LogP contribution in [0.1, 0.15) is 38.3 Å². The molecule has 0 unspecified atom stereocenters. The lowest BCUT2D eigenvalue weighted by atomic mass is 10.0. The summed E-state index contributed by atoms with van der Waals surface area (Å²) in [5.41, 5.74) is 2.78. The summed E-state index contributed by atoms with van der Waals surface area (Å²) in [5, 5.41) is 3.54. The number of halogens is 1. The van der Waals surface area contributed by atoms with Crippen LogP contribution in [0, 0.1) is 0 Å². The van der Waals surface area contributed by atoms with Gasteiger partial charge in [-0.05, 0) is 50.9 Å². The summed E-state index contributed by atoms with van der Waals surface area (Å²) in [4.78, 5) is 2.38. The molecule has 0 aliphatic carbocycles. The predicted molar refractivity (Wildman–Crippen MR) is 77.2 cm³/mol. The zero-order valence-corrected chi connectivity index (χ0v) is 11.6. The molecule has 2 rings (SSSR count). The molecule has 1 atom stereocenters. The van der Waals surface area contributed by atoms with Crippen LogP contribution in [0.15, 0.2) is 24.3 Å². The largest absolute Gasteiger partial charge is 0.372 e. The molecule has 1 aliphatic rings. The fraction of sp³-hybridized carbons (Fsp3) is 0.571. The van der Waals surface area contributed by atoms with Crippen molar-refractivity contribution in [2.75, 3.05) is 24.5 Å². The Labute approximate surface area is 111 Å². The molecule has 3 heteroatoms. The van der Waals surface area contributed by atoms with Crippen LogP contribution in [0.2, 0.25) is 0 Å². The molecule has 1 aromatic rings. The van der Waals surface area contributed by atoms with E-state index in [0.717, 1.165) is 13.1 Å². The van der Waals surface area contributed by atoms with Gasteiger partial charge in [0.1, 0.15) is 0 Å². The predicted octanol–water partition coefficient (Wildman–Crippen LogP) is 3.38. The van der Waals surface area contributed by atoms with Crippen LogP contribution in [0.3, 0.4) is 0 Å². The molecule has 2 nitrogen and oxygen atoms in total. The topological polar surface area (TPSA) is 15.3 Å². The molecule has 1 N–H and O–H groups in total. The molecule has 1 saturated heterocycles. The summed E-state index contributed by atoms with van der Waals surface area (Å²) in [7, 11) is 0. The normalized spacial score (nSPS) is 18.8. The van der Waals surface area contributed by atoms with E-state index in [1.807, 2.05) is 0 Å². The monoisotopic (exact) mass is 254 g/mol.